The van der Waals surface area contributed by atoms with Gasteiger partial charge in [0.25, 0.3) is 5.91 Å². The summed E-state index contributed by atoms with van der Waals surface area (Å²) in [5.41, 5.74) is 4.61. The van der Waals surface area contributed by atoms with E-state index in [0.717, 1.165) is 23.3 Å². The molecule has 0 bridgehead atoms. The van der Waals surface area contributed by atoms with Gasteiger partial charge < -0.3 is 14.7 Å². The fourth-order valence-corrected chi connectivity index (χ4v) is 4.95. The maximum Gasteiger partial charge on any atom is 0.323 e. The predicted octanol–water partition coefficient (Wildman–Crippen LogP) is 6.34. The third-order valence-corrected chi connectivity index (χ3v) is 7.08. The summed E-state index contributed by atoms with van der Waals surface area (Å²) < 4.78 is 6.34. The van der Waals surface area contributed by atoms with E-state index in [9.17, 15) is 14.7 Å². The highest BCUT2D eigenvalue weighted by atomic mass is 35.5. The molecule has 1 aliphatic heterocycles. The van der Waals surface area contributed by atoms with E-state index >= 15 is 0 Å². The second-order valence-corrected chi connectivity index (χ2v) is 11.6. The van der Waals surface area contributed by atoms with Crippen molar-refractivity contribution in [2.75, 3.05) is 13.1 Å². The molecule has 6 heteroatoms. The molecule has 0 unspecified atom stereocenters. The SMILES string of the molecule is CC(C)(C)c1ccc(C[C@]2(C)Cc3cc(C(=O)N(CCc4ccc(Cl)cc4)CC(=O)O)ccc3O2)cc1. The van der Waals surface area contributed by atoms with Gasteiger partial charge in [-0.1, -0.05) is 68.8 Å². The van der Waals surface area contributed by atoms with E-state index in [1.54, 1.807) is 18.2 Å². The number of ether oxygens (including phenoxy) is 1. The largest absolute Gasteiger partial charge is 0.487 e. The Hall–Kier alpha value is -3.31. The van der Waals surface area contributed by atoms with Crippen LogP contribution in [0.1, 0.15) is 60.3 Å². The zero-order chi connectivity index (χ0) is 26.8. The monoisotopic (exact) mass is 519 g/mol. The number of amides is 1. The van der Waals surface area contributed by atoms with Crippen molar-refractivity contribution in [2.24, 2.45) is 0 Å². The fourth-order valence-electron chi connectivity index (χ4n) is 4.82. The van der Waals surface area contributed by atoms with Crippen molar-refractivity contribution in [1.29, 1.82) is 0 Å². The third kappa shape index (κ3) is 6.72. The molecule has 1 N–H and O–H groups in total. The molecule has 0 saturated carbocycles. The second-order valence-electron chi connectivity index (χ2n) is 11.2. The van der Waals surface area contributed by atoms with Crippen LogP contribution in [0, 0.1) is 0 Å². The highest BCUT2D eigenvalue weighted by Gasteiger charge is 2.35. The molecule has 0 aliphatic carbocycles. The predicted molar refractivity (Wildman–Crippen MR) is 147 cm³/mol. The van der Waals surface area contributed by atoms with Crippen LogP contribution in [-0.2, 0) is 29.5 Å². The van der Waals surface area contributed by atoms with Gasteiger partial charge in [-0.3, -0.25) is 9.59 Å². The lowest BCUT2D eigenvalue weighted by molar-refractivity contribution is -0.137. The minimum atomic E-state index is -1.04. The second kappa shape index (κ2) is 10.6. The van der Waals surface area contributed by atoms with Gasteiger partial charge in [0.1, 0.15) is 17.9 Å². The number of carbonyl (C=O) groups excluding carboxylic acids is 1. The molecule has 3 aromatic carbocycles. The van der Waals surface area contributed by atoms with Crippen molar-refractivity contribution < 1.29 is 19.4 Å². The van der Waals surface area contributed by atoms with Crippen LogP contribution in [0.15, 0.2) is 66.7 Å². The van der Waals surface area contributed by atoms with Crippen LogP contribution in [0.25, 0.3) is 0 Å². The summed E-state index contributed by atoms with van der Waals surface area (Å²) in [4.78, 5) is 26.2. The van der Waals surface area contributed by atoms with E-state index in [0.29, 0.717) is 30.0 Å². The van der Waals surface area contributed by atoms with E-state index in [-0.39, 0.29) is 17.9 Å². The van der Waals surface area contributed by atoms with Crippen molar-refractivity contribution in [3.63, 3.8) is 0 Å². The molecule has 37 heavy (non-hydrogen) atoms. The van der Waals surface area contributed by atoms with Crippen molar-refractivity contribution in [3.05, 3.63) is 99.6 Å². The molecule has 194 valence electrons. The van der Waals surface area contributed by atoms with Gasteiger partial charge in [-0.05, 0) is 71.3 Å². The Morgan fingerprint density at radius 1 is 1.00 bits per heavy atom. The fraction of sp³-hybridized carbons (Fsp3) is 0.355. The molecular weight excluding hydrogens is 486 g/mol. The van der Waals surface area contributed by atoms with Gasteiger partial charge in [0.05, 0.1) is 0 Å². The molecule has 0 saturated heterocycles. The molecule has 5 nitrogen and oxygen atoms in total. The summed E-state index contributed by atoms with van der Waals surface area (Å²) in [5.74, 6) is -0.569. The number of nitrogens with zero attached hydrogens (tertiary/aromatic N) is 1. The normalized spacial score (nSPS) is 16.7. The molecule has 1 aliphatic rings. The van der Waals surface area contributed by atoms with Crippen LogP contribution in [0.3, 0.4) is 0 Å². The van der Waals surface area contributed by atoms with Gasteiger partial charge in [-0.15, -0.1) is 0 Å². The molecule has 0 radical (unpaired) electrons. The Bertz CT molecular complexity index is 1280. The number of hydrogen-bond donors (Lipinski definition) is 1. The number of halogens is 1. The lowest BCUT2D eigenvalue weighted by Gasteiger charge is -2.25. The van der Waals surface area contributed by atoms with Gasteiger partial charge >= 0.3 is 5.97 Å². The van der Waals surface area contributed by atoms with Crippen LogP contribution in [-0.4, -0.2) is 40.6 Å². The maximum absolute atomic E-state index is 13.3. The van der Waals surface area contributed by atoms with Crippen molar-refractivity contribution in [3.8, 4) is 5.75 Å². The first kappa shape index (κ1) is 26.7. The molecule has 4 rings (SSSR count). The highest BCUT2D eigenvalue weighted by molar-refractivity contribution is 6.30. The zero-order valence-electron chi connectivity index (χ0n) is 21.9. The molecule has 1 heterocycles. The average Bonchev–Trinajstić information content (AvgIpc) is 3.16. The van der Waals surface area contributed by atoms with Gasteiger partial charge in [0, 0.05) is 30.0 Å². The average molecular weight is 520 g/mol. The number of benzene rings is 3. The van der Waals surface area contributed by atoms with Gasteiger partial charge in [0.2, 0.25) is 0 Å². The number of carbonyl (C=O) groups is 2. The van der Waals surface area contributed by atoms with Gasteiger partial charge in [0.15, 0.2) is 0 Å². The van der Waals surface area contributed by atoms with E-state index < -0.39 is 11.6 Å². The van der Waals surface area contributed by atoms with Gasteiger partial charge in [-0.25, -0.2) is 0 Å². The number of rotatable bonds is 8. The first-order chi connectivity index (χ1) is 17.4. The summed E-state index contributed by atoms with van der Waals surface area (Å²) in [7, 11) is 0. The van der Waals surface area contributed by atoms with Crippen molar-refractivity contribution >= 4 is 23.5 Å². The quantitative estimate of drug-likeness (QED) is 0.377. The third-order valence-electron chi connectivity index (χ3n) is 6.82. The molecule has 1 atom stereocenters. The van der Waals surface area contributed by atoms with Crippen LogP contribution < -0.4 is 4.74 Å². The number of carboxylic acid groups (broad SMARTS) is 1. The first-order valence-corrected chi connectivity index (χ1v) is 13.0. The van der Waals surface area contributed by atoms with E-state index in [4.69, 9.17) is 16.3 Å². The minimum Gasteiger partial charge on any atom is -0.487 e. The van der Waals surface area contributed by atoms with Crippen LogP contribution in [0.4, 0.5) is 0 Å². The summed E-state index contributed by atoms with van der Waals surface area (Å²) in [5, 5.41) is 10.0. The molecule has 0 spiro atoms. The molecule has 0 fully saturated rings. The highest BCUT2D eigenvalue weighted by Crippen LogP contribution is 2.38. The Labute approximate surface area is 224 Å². The minimum absolute atomic E-state index is 0.106. The summed E-state index contributed by atoms with van der Waals surface area (Å²) >= 11 is 5.96. The van der Waals surface area contributed by atoms with E-state index in [1.165, 1.54) is 16.0 Å². The maximum atomic E-state index is 13.3. The Kier molecular flexibility index (Phi) is 7.65. The number of aliphatic carboxylic acids is 1. The summed E-state index contributed by atoms with van der Waals surface area (Å²) in [6, 6.07) is 21.4. The standard InChI is InChI=1S/C31H34ClNO4/c1-30(2,3)25-10-5-22(6-11-25)18-31(4)19-24-17-23(9-14-27(24)37-31)29(36)33(20-28(34)35)16-15-21-7-12-26(32)13-8-21/h5-14,17H,15-16,18-20H2,1-4H3,(H,34,35)/t31-/m1/s1. The zero-order valence-corrected chi connectivity index (χ0v) is 22.6. The Balaban J connectivity index is 1.46. The summed E-state index contributed by atoms with van der Waals surface area (Å²) in [6.45, 7) is 8.64. The molecular formula is C31H34ClNO4. The summed E-state index contributed by atoms with van der Waals surface area (Å²) in [6.07, 6.45) is 1.96. The Morgan fingerprint density at radius 3 is 2.27 bits per heavy atom. The van der Waals surface area contributed by atoms with Crippen LogP contribution >= 0.6 is 11.6 Å². The lowest BCUT2D eigenvalue weighted by Crippen LogP contribution is -2.37. The van der Waals surface area contributed by atoms with Crippen molar-refractivity contribution in [1.82, 2.24) is 4.90 Å². The van der Waals surface area contributed by atoms with E-state index in [1.807, 2.05) is 24.3 Å². The number of fused-ring (bicyclic) bond motifs is 1. The molecule has 0 aromatic heterocycles. The lowest BCUT2D eigenvalue weighted by atomic mass is 9.85. The molecule has 1 amide bonds. The number of hydrogen-bond acceptors (Lipinski definition) is 3. The molecule has 3 aromatic rings. The first-order valence-electron chi connectivity index (χ1n) is 12.6. The van der Waals surface area contributed by atoms with E-state index in [2.05, 4.69) is 52.0 Å². The Morgan fingerprint density at radius 2 is 1.65 bits per heavy atom. The topological polar surface area (TPSA) is 66.8 Å². The van der Waals surface area contributed by atoms with Crippen molar-refractivity contribution in [2.45, 2.75) is 58.0 Å². The van der Waals surface area contributed by atoms with Crippen LogP contribution in [0.5, 0.6) is 5.75 Å². The smallest absolute Gasteiger partial charge is 0.323 e. The number of carboxylic acids is 1. The van der Waals surface area contributed by atoms with Gasteiger partial charge in [-0.2, -0.15) is 0 Å². The van der Waals surface area contributed by atoms with Crippen LogP contribution in [0.2, 0.25) is 5.02 Å².